The third-order valence-electron chi connectivity index (χ3n) is 3.73. The highest BCUT2D eigenvalue weighted by atomic mass is 19.1. The van der Waals surface area contributed by atoms with E-state index in [9.17, 15) is 24.0 Å². The van der Waals surface area contributed by atoms with E-state index in [0.29, 0.717) is 10.6 Å². The molecular formula is C21H18FN3O5. The molecule has 1 aliphatic rings. The van der Waals surface area contributed by atoms with Crippen LogP contribution < -0.4 is 15.0 Å². The Balaban J connectivity index is 0.00000155. The molecule has 0 saturated heterocycles. The Morgan fingerprint density at radius 2 is 1.83 bits per heavy atom. The lowest BCUT2D eigenvalue weighted by atomic mass is 10.1. The lowest BCUT2D eigenvalue weighted by Crippen LogP contribution is -2.35. The Morgan fingerprint density at radius 1 is 1.17 bits per heavy atom. The van der Waals surface area contributed by atoms with Crippen molar-refractivity contribution in [3.8, 4) is 17.6 Å². The zero-order valence-corrected chi connectivity index (χ0v) is 16.4. The minimum Gasteiger partial charge on any atom is -0.456 e. The Kier molecular flexibility index (Phi) is 7.25. The number of carbonyl (C=O) groups is 3. The minimum absolute atomic E-state index is 0.0416. The number of nitrogens with one attached hydrogen (secondary N) is 1. The van der Waals surface area contributed by atoms with Crippen molar-refractivity contribution in [2.75, 3.05) is 12.0 Å². The molecule has 0 fully saturated rings. The van der Waals surface area contributed by atoms with Gasteiger partial charge in [0.2, 0.25) is 0 Å². The van der Waals surface area contributed by atoms with Crippen LogP contribution in [0.5, 0.6) is 11.5 Å². The molecular weight excluding hydrogens is 393 g/mol. The number of hydrogen-bond donors (Lipinski definition) is 1. The highest BCUT2D eigenvalue weighted by molar-refractivity contribution is 6.31. The van der Waals surface area contributed by atoms with E-state index in [4.69, 9.17) is 4.74 Å². The van der Waals surface area contributed by atoms with Gasteiger partial charge in [-0.1, -0.05) is 32.0 Å². The van der Waals surface area contributed by atoms with E-state index in [1.165, 1.54) is 0 Å². The number of halogens is 1. The minimum atomic E-state index is -0.980. The first kappa shape index (κ1) is 22.1. The number of anilines is 1. The van der Waals surface area contributed by atoms with Crippen LogP contribution in [0.2, 0.25) is 0 Å². The first-order valence-corrected chi connectivity index (χ1v) is 8.86. The van der Waals surface area contributed by atoms with Crippen molar-refractivity contribution in [1.29, 1.82) is 5.26 Å². The maximum Gasteiger partial charge on any atom is 0.411 e. The number of para-hydroxylation sites is 1. The van der Waals surface area contributed by atoms with Crippen molar-refractivity contribution in [3.05, 3.63) is 65.6 Å². The number of ether oxygens (including phenoxy) is 2. The highest BCUT2D eigenvalue weighted by Crippen LogP contribution is 2.34. The number of methoxy groups -OCH3 is 1. The van der Waals surface area contributed by atoms with Gasteiger partial charge in [-0.3, -0.25) is 14.9 Å². The zero-order valence-electron chi connectivity index (χ0n) is 16.4. The van der Waals surface area contributed by atoms with E-state index in [2.05, 4.69) is 10.1 Å². The predicted molar refractivity (Wildman–Crippen MR) is 105 cm³/mol. The van der Waals surface area contributed by atoms with Crippen molar-refractivity contribution >= 4 is 23.6 Å². The Morgan fingerprint density at radius 3 is 2.43 bits per heavy atom. The Hall–Kier alpha value is -4.19. The normalized spacial score (nSPS) is 12.4. The summed E-state index contributed by atoms with van der Waals surface area (Å²) in [7, 11) is 1.09. The van der Waals surface area contributed by atoms with Crippen LogP contribution in [0.25, 0.3) is 0 Å². The second kappa shape index (κ2) is 9.84. The summed E-state index contributed by atoms with van der Waals surface area (Å²) in [6, 6.07) is 12.1. The third-order valence-corrected chi connectivity index (χ3v) is 3.73. The molecule has 3 rings (SSSR count). The van der Waals surface area contributed by atoms with Gasteiger partial charge in [0.25, 0.3) is 11.8 Å². The zero-order chi connectivity index (χ0) is 22.3. The first-order chi connectivity index (χ1) is 14.4. The fraction of sp³-hybridized carbons (Fsp3) is 0.143. The van der Waals surface area contributed by atoms with E-state index in [1.807, 2.05) is 13.8 Å². The molecule has 0 atom stereocenters. The molecule has 0 spiro atoms. The summed E-state index contributed by atoms with van der Waals surface area (Å²) in [5, 5.41) is 11.3. The summed E-state index contributed by atoms with van der Waals surface area (Å²) in [5.74, 6) is -2.47. The molecule has 0 saturated carbocycles. The quantitative estimate of drug-likeness (QED) is 0.770. The van der Waals surface area contributed by atoms with Gasteiger partial charge in [0.1, 0.15) is 29.1 Å². The molecule has 2 aromatic rings. The number of rotatable bonds is 4. The van der Waals surface area contributed by atoms with Gasteiger partial charge in [-0.25, -0.2) is 14.1 Å². The molecule has 0 aromatic heterocycles. The predicted octanol–water partition coefficient (Wildman–Crippen LogP) is 3.63. The van der Waals surface area contributed by atoms with Gasteiger partial charge in [0, 0.05) is 12.1 Å². The summed E-state index contributed by atoms with van der Waals surface area (Å²) < 4.78 is 24.5. The summed E-state index contributed by atoms with van der Waals surface area (Å²) in [6.45, 7) is 4.00. The second-order valence-corrected chi connectivity index (χ2v) is 5.48. The maximum atomic E-state index is 14.5. The van der Waals surface area contributed by atoms with Gasteiger partial charge in [-0.15, -0.1) is 0 Å². The maximum absolute atomic E-state index is 14.5. The van der Waals surface area contributed by atoms with E-state index >= 15 is 0 Å². The van der Waals surface area contributed by atoms with Gasteiger partial charge >= 0.3 is 6.09 Å². The summed E-state index contributed by atoms with van der Waals surface area (Å²) >= 11 is 0. The smallest absolute Gasteiger partial charge is 0.411 e. The van der Waals surface area contributed by atoms with Crippen LogP contribution in [-0.2, 0) is 14.3 Å². The number of amides is 3. The second-order valence-electron chi connectivity index (χ2n) is 5.48. The number of imide groups is 1. The molecule has 1 aliphatic heterocycles. The molecule has 154 valence electrons. The Labute approximate surface area is 172 Å². The fourth-order valence-corrected chi connectivity index (χ4v) is 2.45. The van der Waals surface area contributed by atoms with Crippen molar-refractivity contribution in [3.63, 3.8) is 0 Å². The largest absolute Gasteiger partial charge is 0.456 e. The molecule has 0 aliphatic carbocycles. The van der Waals surface area contributed by atoms with Crippen LogP contribution in [0.3, 0.4) is 0 Å². The lowest BCUT2D eigenvalue weighted by Gasteiger charge is -2.18. The topological polar surface area (TPSA) is 109 Å². The van der Waals surface area contributed by atoms with E-state index in [0.717, 1.165) is 25.3 Å². The van der Waals surface area contributed by atoms with Gasteiger partial charge in [-0.2, -0.15) is 5.26 Å². The van der Waals surface area contributed by atoms with Crippen molar-refractivity contribution < 1.29 is 28.2 Å². The molecule has 2 aromatic carbocycles. The number of alkyl carbamates (subject to hydrolysis) is 1. The number of nitriles is 1. The van der Waals surface area contributed by atoms with Crippen molar-refractivity contribution in [2.24, 2.45) is 0 Å². The SMILES string of the molecule is CC.COC(=O)NC1=CC(=O)N(c2cc(Oc3ccccc3)c(C#N)cc2F)C1=O. The molecule has 1 N–H and O–H groups in total. The third kappa shape index (κ3) is 4.62. The first-order valence-electron chi connectivity index (χ1n) is 8.86. The van der Waals surface area contributed by atoms with Crippen molar-refractivity contribution in [1.82, 2.24) is 5.32 Å². The molecule has 3 amide bonds. The number of benzene rings is 2. The molecule has 0 radical (unpaired) electrons. The molecule has 1 heterocycles. The molecule has 30 heavy (non-hydrogen) atoms. The number of hydrogen-bond acceptors (Lipinski definition) is 6. The average Bonchev–Trinajstić information content (AvgIpc) is 3.04. The standard InChI is InChI=1S/C19H12FN3O5.C2H6/c1-27-19(26)22-14-8-17(24)23(18(14)25)15-9-16(11(10-21)7-13(15)20)28-12-5-3-2-4-6-12;1-2/h2-9H,1H3,(H,22,26);1-2H3. The summed E-state index contributed by atoms with van der Waals surface area (Å²) in [6.07, 6.45) is -0.114. The van der Waals surface area contributed by atoms with Crippen LogP contribution in [0.1, 0.15) is 19.4 Å². The summed E-state index contributed by atoms with van der Waals surface area (Å²) in [5.41, 5.74) is -0.908. The highest BCUT2D eigenvalue weighted by Gasteiger charge is 2.35. The summed E-state index contributed by atoms with van der Waals surface area (Å²) in [4.78, 5) is 36.5. The average molecular weight is 411 g/mol. The molecule has 0 unspecified atom stereocenters. The van der Waals surface area contributed by atoms with Crippen LogP contribution in [0.15, 0.2) is 54.2 Å². The van der Waals surface area contributed by atoms with Crippen LogP contribution in [0, 0.1) is 17.1 Å². The van der Waals surface area contributed by atoms with Gasteiger partial charge in [0.15, 0.2) is 0 Å². The van der Waals surface area contributed by atoms with Gasteiger partial charge in [-0.05, 0) is 18.2 Å². The molecule has 0 bridgehead atoms. The molecule has 8 nitrogen and oxygen atoms in total. The van der Waals surface area contributed by atoms with Crippen LogP contribution in [-0.4, -0.2) is 25.0 Å². The monoisotopic (exact) mass is 411 g/mol. The number of nitrogens with zero attached hydrogens (tertiary/aromatic N) is 2. The van der Waals surface area contributed by atoms with E-state index < -0.39 is 29.4 Å². The lowest BCUT2D eigenvalue weighted by molar-refractivity contribution is -0.120. The van der Waals surface area contributed by atoms with E-state index in [1.54, 1.807) is 36.4 Å². The van der Waals surface area contributed by atoms with Crippen LogP contribution in [0.4, 0.5) is 14.9 Å². The fourth-order valence-electron chi connectivity index (χ4n) is 2.45. The Bertz CT molecular complexity index is 1040. The van der Waals surface area contributed by atoms with Gasteiger partial charge in [0.05, 0.1) is 18.4 Å². The van der Waals surface area contributed by atoms with Crippen LogP contribution >= 0.6 is 0 Å². The van der Waals surface area contributed by atoms with Crippen molar-refractivity contribution in [2.45, 2.75) is 13.8 Å². The molecule has 9 heteroatoms. The van der Waals surface area contributed by atoms with E-state index in [-0.39, 0.29) is 17.0 Å². The van der Waals surface area contributed by atoms with Gasteiger partial charge < -0.3 is 9.47 Å². The number of carbonyl (C=O) groups excluding carboxylic acids is 3.